The van der Waals surface area contributed by atoms with E-state index >= 15 is 0 Å². The molecule has 0 saturated carbocycles. The Hall–Kier alpha value is -2.92. The smallest absolute Gasteiger partial charge is 0.306 e. The van der Waals surface area contributed by atoms with Gasteiger partial charge < -0.3 is 4.90 Å². The average Bonchev–Trinajstić information content (AvgIpc) is 2.64. The minimum atomic E-state index is -4.80. The van der Waals surface area contributed by atoms with E-state index in [4.69, 9.17) is 6.57 Å². The lowest BCUT2D eigenvalue weighted by Gasteiger charge is -2.23. The molecule has 1 aromatic heterocycles. The van der Waals surface area contributed by atoms with E-state index in [1.807, 2.05) is 7.05 Å². The zero-order valence-corrected chi connectivity index (χ0v) is 14.6. The minimum absolute atomic E-state index is 0.0201. The van der Waals surface area contributed by atoms with Crippen LogP contribution in [0.2, 0.25) is 0 Å². The van der Waals surface area contributed by atoms with E-state index in [0.717, 1.165) is 29.5 Å². The number of piperidine rings is 1. The van der Waals surface area contributed by atoms with Gasteiger partial charge in [-0.1, -0.05) is 30.3 Å². The van der Waals surface area contributed by atoms with Crippen LogP contribution < -0.4 is 5.56 Å². The van der Waals surface area contributed by atoms with Crippen molar-refractivity contribution in [1.82, 2.24) is 9.58 Å². The molecule has 27 heavy (non-hydrogen) atoms. The van der Waals surface area contributed by atoms with E-state index in [-0.39, 0.29) is 5.69 Å². The second-order valence-electron chi connectivity index (χ2n) is 6.35. The fourth-order valence-electron chi connectivity index (χ4n) is 2.95. The molecule has 0 aliphatic carbocycles. The van der Waals surface area contributed by atoms with Crippen LogP contribution in [0.3, 0.4) is 0 Å². The maximum absolute atomic E-state index is 13.4. The molecule has 5 nitrogen and oxygen atoms in total. The summed E-state index contributed by atoms with van der Waals surface area (Å²) >= 11 is 0. The summed E-state index contributed by atoms with van der Waals surface area (Å²) in [6.07, 6.45) is -3.57. The molecule has 0 unspecified atom stereocenters. The first kappa shape index (κ1) is 18.9. The molecule has 2 heterocycles. The van der Waals surface area contributed by atoms with Crippen molar-refractivity contribution < 1.29 is 13.2 Å². The first-order valence-corrected chi connectivity index (χ1v) is 8.36. The van der Waals surface area contributed by atoms with Crippen molar-refractivity contribution in [2.24, 2.45) is 5.10 Å². The number of hydrogen-bond acceptors (Lipinski definition) is 3. The maximum Gasteiger partial charge on any atom is 0.407 e. The van der Waals surface area contributed by atoms with Crippen LogP contribution in [0.25, 0.3) is 16.1 Å². The minimum Gasteiger partial charge on any atom is -0.306 e. The number of hydrogen-bond donors (Lipinski definition) is 0. The average molecular weight is 374 g/mol. The quantitative estimate of drug-likeness (QED) is 0.746. The third kappa shape index (κ3) is 3.93. The molecular formula is C19H17F3N4O. The molecule has 0 N–H and O–H groups in total. The molecule has 0 radical (unpaired) electrons. The zero-order chi connectivity index (χ0) is 19.6. The largest absolute Gasteiger partial charge is 0.407 e. The van der Waals surface area contributed by atoms with Gasteiger partial charge in [-0.3, -0.25) is 4.79 Å². The van der Waals surface area contributed by atoms with Gasteiger partial charge in [0.15, 0.2) is 0 Å². The van der Waals surface area contributed by atoms with Crippen LogP contribution in [0.4, 0.5) is 18.9 Å². The summed E-state index contributed by atoms with van der Waals surface area (Å²) in [5, 5.41) is 4.34. The first-order chi connectivity index (χ1) is 12.8. The summed E-state index contributed by atoms with van der Waals surface area (Å²) in [5.41, 5.74) is -2.07. The highest BCUT2D eigenvalue weighted by Gasteiger charge is 2.36. The lowest BCUT2D eigenvalue weighted by Crippen LogP contribution is -2.31. The van der Waals surface area contributed by atoms with E-state index in [1.165, 1.54) is 0 Å². The third-order valence-electron chi connectivity index (χ3n) is 4.45. The lowest BCUT2D eigenvalue weighted by molar-refractivity contribution is -0.136. The molecule has 0 bridgehead atoms. The summed E-state index contributed by atoms with van der Waals surface area (Å²) in [6, 6.07) is 9.12. The zero-order valence-electron chi connectivity index (χ0n) is 14.6. The van der Waals surface area contributed by atoms with E-state index in [2.05, 4.69) is 14.8 Å². The van der Waals surface area contributed by atoms with Gasteiger partial charge in [-0.15, -0.1) is 0 Å². The van der Waals surface area contributed by atoms with Crippen LogP contribution in [0.5, 0.6) is 0 Å². The molecule has 1 fully saturated rings. The van der Waals surface area contributed by atoms with Crippen LogP contribution in [0, 0.1) is 6.57 Å². The van der Waals surface area contributed by atoms with Crippen molar-refractivity contribution in [1.29, 1.82) is 0 Å². The standard InChI is InChI=1S/C19H17F3N4O/c1-23-17-15(19(20,21)22)12-16(13-6-4-3-5-7-13)26(18(17)27)24-14-8-10-25(2)11-9-14/h3-7,12H,8-11H2,2H3. The van der Waals surface area contributed by atoms with Gasteiger partial charge in [0.2, 0.25) is 0 Å². The van der Waals surface area contributed by atoms with Gasteiger partial charge in [0, 0.05) is 37.2 Å². The maximum atomic E-state index is 13.4. The molecule has 1 saturated heterocycles. The summed E-state index contributed by atoms with van der Waals surface area (Å²) in [4.78, 5) is 17.7. The summed E-state index contributed by atoms with van der Waals surface area (Å²) < 4.78 is 41.2. The van der Waals surface area contributed by atoms with E-state index in [0.29, 0.717) is 18.4 Å². The van der Waals surface area contributed by atoms with E-state index < -0.39 is 23.0 Å². The van der Waals surface area contributed by atoms with Gasteiger partial charge >= 0.3 is 6.18 Å². The van der Waals surface area contributed by atoms with Gasteiger partial charge in [-0.25, -0.2) is 9.52 Å². The predicted octanol–water partition coefficient (Wildman–Crippen LogP) is 4.01. The molecule has 0 spiro atoms. The Morgan fingerprint density at radius 2 is 1.78 bits per heavy atom. The lowest BCUT2D eigenvalue weighted by atomic mass is 10.1. The summed E-state index contributed by atoms with van der Waals surface area (Å²) in [5.74, 6) is 0. The first-order valence-electron chi connectivity index (χ1n) is 8.36. The molecule has 1 aromatic carbocycles. The van der Waals surface area contributed by atoms with Gasteiger partial charge in [0.25, 0.3) is 11.2 Å². The normalized spacial score (nSPS) is 15.4. The second-order valence-corrected chi connectivity index (χ2v) is 6.35. The predicted molar refractivity (Wildman–Crippen MR) is 97.0 cm³/mol. The Morgan fingerprint density at radius 3 is 2.33 bits per heavy atom. The summed E-state index contributed by atoms with van der Waals surface area (Å²) in [7, 11) is 1.97. The Labute approximate surface area is 154 Å². The molecule has 2 aromatic rings. The molecule has 140 valence electrons. The second kappa shape index (κ2) is 7.37. The van der Waals surface area contributed by atoms with Crippen molar-refractivity contribution in [2.45, 2.75) is 19.0 Å². The van der Waals surface area contributed by atoms with E-state index in [9.17, 15) is 18.0 Å². The van der Waals surface area contributed by atoms with Crippen molar-refractivity contribution in [3.63, 3.8) is 0 Å². The number of aromatic nitrogens is 1. The molecule has 0 amide bonds. The van der Waals surface area contributed by atoms with Gasteiger partial charge in [0.1, 0.15) is 0 Å². The molecule has 8 heteroatoms. The Kier molecular flexibility index (Phi) is 5.15. The molecule has 0 atom stereocenters. The number of benzene rings is 1. The third-order valence-corrected chi connectivity index (χ3v) is 4.45. The fourth-order valence-corrected chi connectivity index (χ4v) is 2.95. The SMILES string of the molecule is [C-]#[N+]c1c(C(F)(F)F)cc(-c2ccccc2)n(N=C2CCN(C)CC2)c1=O. The van der Waals surface area contributed by atoms with Crippen LogP contribution in [0.1, 0.15) is 18.4 Å². The Morgan fingerprint density at radius 1 is 1.15 bits per heavy atom. The Bertz CT molecular complexity index is 961. The van der Waals surface area contributed by atoms with Crippen molar-refractivity contribution in [3.8, 4) is 11.3 Å². The topological polar surface area (TPSA) is 42.0 Å². The molecular weight excluding hydrogens is 357 g/mol. The number of nitrogens with zero attached hydrogens (tertiary/aromatic N) is 4. The number of halogens is 3. The van der Waals surface area contributed by atoms with Crippen molar-refractivity contribution in [2.75, 3.05) is 20.1 Å². The highest BCUT2D eigenvalue weighted by molar-refractivity contribution is 5.85. The fraction of sp³-hybridized carbons (Fsp3) is 0.316. The van der Waals surface area contributed by atoms with Crippen LogP contribution in [-0.4, -0.2) is 35.4 Å². The molecule has 1 aliphatic rings. The summed E-state index contributed by atoms with van der Waals surface area (Å²) in [6.45, 7) is 8.59. The van der Waals surface area contributed by atoms with Gasteiger partial charge in [-0.2, -0.15) is 18.3 Å². The van der Waals surface area contributed by atoms with Crippen LogP contribution in [-0.2, 0) is 6.18 Å². The highest BCUT2D eigenvalue weighted by Crippen LogP contribution is 2.37. The number of likely N-dealkylation sites (tertiary alicyclic amines) is 1. The van der Waals surface area contributed by atoms with E-state index in [1.54, 1.807) is 30.3 Å². The van der Waals surface area contributed by atoms with Crippen LogP contribution in [0.15, 0.2) is 46.3 Å². The highest BCUT2D eigenvalue weighted by atomic mass is 19.4. The molecule has 1 aliphatic heterocycles. The van der Waals surface area contributed by atoms with Crippen LogP contribution >= 0.6 is 0 Å². The Balaban J connectivity index is 2.26. The molecule has 3 rings (SSSR count). The van der Waals surface area contributed by atoms with Crippen molar-refractivity contribution in [3.05, 3.63) is 63.7 Å². The van der Waals surface area contributed by atoms with Crippen molar-refractivity contribution >= 4 is 11.4 Å². The number of rotatable bonds is 2. The van der Waals surface area contributed by atoms with Gasteiger partial charge in [0.05, 0.1) is 17.8 Å². The van der Waals surface area contributed by atoms with Gasteiger partial charge in [-0.05, 0) is 13.1 Å². The number of alkyl halides is 3. The monoisotopic (exact) mass is 374 g/mol. The number of pyridine rings is 1.